The standard InChI is InChI=1S/C26H23N5O3/c1-26(2)11-18(32)21-19(12-26)34-25-22(20(21)15-6-8-17(33-3)9-7-15)24-29-23(30-31(24)14-28-25)16-5-4-10-27-13-16/h4-10,13-14,20H,11-12H2,1-3H3/t20-/m1/s1. The highest BCUT2D eigenvalue weighted by Crippen LogP contribution is 2.50. The Morgan fingerprint density at radius 2 is 1.97 bits per heavy atom. The van der Waals surface area contributed by atoms with Gasteiger partial charge >= 0.3 is 0 Å². The molecule has 8 nitrogen and oxygen atoms in total. The van der Waals surface area contributed by atoms with E-state index in [1.165, 1.54) is 0 Å². The monoisotopic (exact) mass is 453 g/mol. The van der Waals surface area contributed by atoms with E-state index in [2.05, 4.69) is 28.9 Å². The van der Waals surface area contributed by atoms with Crippen molar-refractivity contribution < 1.29 is 14.3 Å². The SMILES string of the molecule is COc1ccc([C@@H]2C3=C(CC(C)(C)CC3=O)Oc3ncn4nc(-c5cccnc5)nc4c32)cc1. The Morgan fingerprint density at radius 3 is 2.71 bits per heavy atom. The number of carbonyl (C=O) groups is 1. The van der Waals surface area contributed by atoms with E-state index in [-0.39, 0.29) is 17.1 Å². The molecular weight excluding hydrogens is 430 g/mol. The van der Waals surface area contributed by atoms with Crippen molar-refractivity contribution in [3.8, 4) is 23.0 Å². The first kappa shape index (κ1) is 20.5. The zero-order valence-corrected chi connectivity index (χ0v) is 19.1. The van der Waals surface area contributed by atoms with Crippen LogP contribution in [0.5, 0.6) is 11.6 Å². The van der Waals surface area contributed by atoms with Gasteiger partial charge < -0.3 is 9.47 Å². The van der Waals surface area contributed by atoms with E-state index in [1.807, 2.05) is 36.4 Å². The van der Waals surface area contributed by atoms with Crippen LogP contribution in [0.25, 0.3) is 17.0 Å². The summed E-state index contributed by atoms with van der Waals surface area (Å²) in [7, 11) is 1.63. The number of hydrogen-bond acceptors (Lipinski definition) is 7. The molecule has 0 N–H and O–H groups in total. The molecule has 1 aliphatic heterocycles. The first-order valence-corrected chi connectivity index (χ1v) is 11.2. The molecular formula is C26H23N5O3. The number of aromatic nitrogens is 5. The quantitative estimate of drug-likeness (QED) is 0.455. The highest BCUT2D eigenvalue weighted by atomic mass is 16.5. The van der Waals surface area contributed by atoms with Gasteiger partial charge in [-0.2, -0.15) is 0 Å². The summed E-state index contributed by atoms with van der Waals surface area (Å²) in [6.45, 7) is 4.18. The number of nitrogens with zero attached hydrogens (tertiary/aromatic N) is 5. The number of methoxy groups -OCH3 is 1. The second-order valence-electron chi connectivity index (χ2n) is 9.49. The summed E-state index contributed by atoms with van der Waals surface area (Å²) in [5.74, 6) is 2.16. The number of ether oxygens (including phenoxy) is 2. The number of pyridine rings is 1. The molecule has 1 atom stereocenters. The van der Waals surface area contributed by atoms with Crippen LogP contribution in [0.4, 0.5) is 0 Å². The summed E-state index contributed by atoms with van der Waals surface area (Å²) in [6.07, 6.45) is 6.16. The maximum Gasteiger partial charge on any atom is 0.228 e. The maximum atomic E-state index is 13.5. The fourth-order valence-corrected chi connectivity index (χ4v) is 4.89. The summed E-state index contributed by atoms with van der Waals surface area (Å²) >= 11 is 0. The largest absolute Gasteiger partial charge is 0.497 e. The van der Waals surface area contributed by atoms with Gasteiger partial charge in [-0.15, -0.1) is 5.10 Å². The molecule has 0 saturated carbocycles. The lowest BCUT2D eigenvalue weighted by Crippen LogP contribution is -2.33. The van der Waals surface area contributed by atoms with Crippen LogP contribution in [0.15, 0.2) is 66.5 Å². The van der Waals surface area contributed by atoms with E-state index in [1.54, 1.807) is 30.3 Å². The smallest absolute Gasteiger partial charge is 0.228 e. The molecule has 3 aromatic heterocycles. The lowest BCUT2D eigenvalue weighted by atomic mass is 9.70. The molecule has 1 aromatic carbocycles. The third-order valence-corrected chi connectivity index (χ3v) is 6.43. The van der Waals surface area contributed by atoms with Crippen LogP contribution in [0, 0.1) is 5.41 Å². The van der Waals surface area contributed by atoms with Crippen LogP contribution < -0.4 is 9.47 Å². The van der Waals surface area contributed by atoms with Crippen LogP contribution in [-0.4, -0.2) is 37.5 Å². The third kappa shape index (κ3) is 3.25. The Balaban J connectivity index is 1.59. The van der Waals surface area contributed by atoms with Gasteiger partial charge in [0.1, 0.15) is 17.8 Å². The van der Waals surface area contributed by atoms with Crippen molar-refractivity contribution in [3.63, 3.8) is 0 Å². The lowest BCUT2D eigenvalue weighted by Gasteiger charge is -2.37. The number of hydrogen-bond donors (Lipinski definition) is 0. The van der Waals surface area contributed by atoms with Gasteiger partial charge in [-0.1, -0.05) is 26.0 Å². The van der Waals surface area contributed by atoms with Gasteiger partial charge in [-0.25, -0.2) is 14.5 Å². The van der Waals surface area contributed by atoms with Crippen molar-refractivity contribution in [2.75, 3.05) is 7.11 Å². The Morgan fingerprint density at radius 1 is 1.15 bits per heavy atom. The van der Waals surface area contributed by atoms with E-state index in [0.29, 0.717) is 41.5 Å². The molecule has 0 unspecified atom stereocenters. The molecule has 8 heteroatoms. The van der Waals surface area contributed by atoms with Gasteiger partial charge in [0.15, 0.2) is 17.3 Å². The average molecular weight is 454 g/mol. The summed E-state index contributed by atoms with van der Waals surface area (Å²) < 4.78 is 13.3. The number of rotatable bonds is 3. The fraction of sp³-hybridized carbons (Fsp3) is 0.269. The summed E-state index contributed by atoms with van der Waals surface area (Å²) in [6, 6.07) is 11.5. The van der Waals surface area contributed by atoms with Crippen molar-refractivity contribution in [1.29, 1.82) is 0 Å². The molecule has 0 bridgehead atoms. The van der Waals surface area contributed by atoms with Crippen LogP contribution >= 0.6 is 0 Å². The molecule has 170 valence electrons. The van der Waals surface area contributed by atoms with Crippen molar-refractivity contribution in [3.05, 3.63) is 77.6 Å². The number of Topliss-reactive ketones (excluding diaryl/α,β-unsaturated/α-hetero) is 1. The predicted molar refractivity (Wildman–Crippen MR) is 125 cm³/mol. The van der Waals surface area contributed by atoms with Crippen LogP contribution in [0.3, 0.4) is 0 Å². The lowest BCUT2D eigenvalue weighted by molar-refractivity contribution is -0.118. The number of benzene rings is 1. The maximum absolute atomic E-state index is 13.5. The Bertz CT molecular complexity index is 1460. The van der Waals surface area contributed by atoms with E-state index >= 15 is 0 Å². The zero-order chi connectivity index (χ0) is 23.4. The van der Waals surface area contributed by atoms with E-state index in [9.17, 15) is 4.79 Å². The van der Waals surface area contributed by atoms with Gasteiger partial charge in [-0.05, 0) is 35.2 Å². The van der Waals surface area contributed by atoms with Crippen LogP contribution in [-0.2, 0) is 4.79 Å². The summed E-state index contributed by atoms with van der Waals surface area (Å²) in [4.78, 5) is 27.1. The summed E-state index contributed by atoms with van der Waals surface area (Å²) in [5.41, 5.74) is 3.60. The molecule has 4 aromatic rings. The number of carbonyl (C=O) groups excluding carboxylic acids is 1. The van der Waals surface area contributed by atoms with Crippen LogP contribution in [0.1, 0.15) is 43.7 Å². The minimum atomic E-state index is -0.365. The minimum Gasteiger partial charge on any atom is -0.497 e. The highest BCUT2D eigenvalue weighted by Gasteiger charge is 2.44. The molecule has 2 aliphatic rings. The fourth-order valence-electron chi connectivity index (χ4n) is 4.89. The molecule has 0 fully saturated rings. The van der Waals surface area contributed by atoms with Crippen molar-refractivity contribution >= 4 is 11.4 Å². The topological polar surface area (TPSA) is 91.5 Å². The summed E-state index contributed by atoms with van der Waals surface area (Å²) in [5, 5.41) is 4.62. The van der Waals surface area contributed by atoms with E-state index < -0.39 is 0 Å². The minimum absolute atomic E-state index is 0.0896. The molecule has 0 spiro atoms. The molecule has 0 amide bonds. The molecule has 4 heterocycles. The second kappa shape index (κ2) is 7.48. The highest BCUT2D eigenvalue weighted by molar-refractivity contribution is 6.00. The third-order valence-electron chi connectivity index (χ3n) is 6.43. The normalized spacial score (nSPS) is 18.9. The van der Waals surface area contributed by atoms with Gasteiger partial charge in [0.05, 0.1) is 12.7 Å². The van der Waals surface area contributed by atoms with Crippen molar-refractivity contribution in [2.45, 2.75) is 32.6 Å². The molecule has 6 rings (SSSR count). The van der Waals surface area contributed by atoms with Gasteiger partial charge in [0.25, 0.3) is 0 Å². The zero-order valence-electron chi connectivity index (χ0n) is 19.1. The number of allylic oxidation sites excluding steroid dienone is 2. The van der Waals surface area contributed by atoms with Crippen molar-refractivity contribution in [1.82, 2.24) is 24.6 Å². The first-order chi connectivity index (χ1) is 16.4. The molecule has 1 aliphatic carbocycles. The number of ketones is 1. The van der Waals surface area contributed by atoms with Gasteiger partial charge in [0, 0.05) is 42.3 Å². The van der Waals surface area contributed by atoms with E-state index in [4.69, 9.17) is 14.5 Å². The van der Waals surface area contributed by atoms with Crippen molar-refractivity contribution in [2.24, 2.45) is 5.41 Å². The first-order valence-electron chi connectivity index (χ1n) is 11.2. The second-order valence-corrected chi connectivity index (χ2v) is 9.49. The van der Waals surface area contributed by atoms with Gasteiger partial charge in [-0.3, -0.25) is 9.78 Å². The Hall–Kier alpha value is -4.07. The predicted octanol–water partition coefficient (Wildman–Crippen LogP) is 4.36. The molecule has 34 heavy (non-hydrogen) atoms. The average Bonchev–Trinajstić information content (AvgIpc) is 3.27. The molecule has 0 saturated heterocycles. The number of fused-ring (bicyclic) bond motifs is 3. The van der Waals surface area contributed by atoms with Crippen LogP contribution in [0.2, 0.25) is 0 Å². The van der Waals surface area contributed by atoms with Gasteiger partial charge in [0.2, 0.25) is 5.88 Å². The Kier molecular flexibility index (Phi) is 4.52. The van der Waals surface area contributed by atoms with E-state index in [0.717, 1.165) is 22.4 Å². The Labute approximate surface area is 196 Å². The molecule has 0 radical (unpaired) electrons.